The molecule has 1 heterocycles. The maximum atomic E-state index is 12.5. The van der Waals surface area contributed by atoms with Gasteiger partial charge in [0.05, 0.1) is 18.4 Å². The van der Waals surface area contributed by atoms with Gasteiger partial charge in [-0.15, -0.1) is 0 Å². The third-order valence-corrected chi connectivity index (χ3v) is 6.53. The average molecular weight is 429 g/mol. The summed E-state index contributed by atoms with van der Waals surface area (Å²) >= 11 is 0. The predicted octanol–water partition coefficient (Wildman–Crippen LogP) is 3.77. The molecular weight excluding hydrogens is 400 g/mol. The van der Waals surface area contributed by atoms with Crippen LogP contribution >= 0.6 is 0 Å². The fourth-order valence-electron chi connectivity index (χ4n) is 3.48. The largest absolute Gasteiger partial charge is 0.464 e. The Hall–Kier alpha value is -2.64. The lowest BCUT2D eigenvalue weighted by Crippen LogP contribution is -2.24. The summed E-state index contributed by atoms with van der Waals surface area (Å²) < 4.78 is 31.2. The molecule has 30 heavy (non-hydrogen) atoms. The van der Waals surface area contributed by atoms with Crippen molar-refractivity contribution >= 4 is 26.9 Å². The van der Waals surface area contributed by atoms with Crippen LogP contribution in [0.25, 0.3) is 11.0 Å². The van der Waals surface area contributed by atoms with Crippen molar-refractivity contribution in [1.29, 1.82) is 0 Å². The Bertz CT molecular complexity index is 1150. The first-order valence-corrected chi connectivity index (χ1v) is 11.6. The van der Waals surface area contributed by atoms with Crippen LogP contribution in [0.1, 0.15) is 47.6 Å². The quantitative estimate of drug-likeness (QED) is 0.572. The van der Waals surface area contributed by atoms with Gasteiger partial charge < -0.3 is 9.73 Å². The molecule has 7 heteroatoms. The highest BCUT2D eigenvalue weighted by atomic mass is 32.2. The number of fused-ring (bicyclic) bond motifs is 1. The Morgan fingerprint density at radius 2 is 1.77 bits per heavy atom. The first kappa shape index (κ1) is 22.1. The summed E-state index contributed by atoms with van der Waals surface area (Å²) in [6, 6.07) is 11.3. The second-order valence-corrected chi connectivity index (χ2v) is 9.78. The van der Waals surface area contributed by atoms with E-state index in [9.17, 15) is 13.2 Å². The van der Waals surface area contributed by atoms with Crippen LogP contribution in [0, 0.1) is 6.92 Å². The zero-order valence-electron chi connectivity index (χ0n) is 17.8. The van der Waals surface area contributed by atoms with Gasteiger partial charge in [-0.05, 0) is 54.3 Å². The minimum atomic E-state index is -3.30. The Balaban J connectivity index is 1.63. The van der Waals surface area contributed by atoms with Gasteiger partial charge in [0.25, 0.3) is 0 Å². The monoisotopic (exact) mass is 428 g/mol. The average Bonchev–Trinajstić information content (AvgIpc) is 3.07. The molecule has 0 fully saturated rings. The van der Waals surface area contributed by atoms with Gasteiger partial charge in [0.2, 0.25) is 15.9 Å². The minimum Gasteiger partial charge on any atom is -0.464 e. The topological polar surface area (TPSA) is 88.4 Å². The van der Waals surface area contributed by atoms with Crippen molar-refractivity contribution in [2.75, 3.05) is 7.05 Å². The van der Waals surface area contributed by atoms with Crippen LogP contribution < -0.4 is 10.0 Å². The van der Waals surface area contributed by atoms with Gasteiger partial charge in [-0.1, -0.05) is 38.1 Å². The predicted molar refractivity (Wildman–Crippen MR) is 119 cm³/mol. The molecule has 0 bridgehead atoms. The van der Waals surface area contributed by atoms with Gasteiger partial charge in [-0.25, -0.2) is 13.1 Å². The molecule has 1 amide bonds. The van der Waals surface area contributed by atoms with E-state index in [-0.39, 0.29) is 18.1 Å². The van der Waals surface area contributed by atoms with E-state index >= 15 is 0 Å². The zero-order chi connectivity index (χ0) is 21.9. The molecule has 0 aliphatic rings. The molecule has 3 rings (SSSR count). The van der Waals surface area contributed by atoms with Crippen molar-refractivity contribution < 1.29 is 17.6 Å². The second-order valence-electron chi connectivity index (χ2n) is 7.85. The molecule has 0 aliphatic heterocycles. The van der Waals surface area contributed by atoms with Gasteiger partial charge in [0.1, 0.15) is 5.58 Å². The number of sulfonamides is 1. The third-order valence-electron chi connectivity index (χ3n) is 5.20. The summed E-state index contributed by atoms with van der Waals surface area (Å²) in [5.41, 5.74) is 5.72. The van der Waals surface area contributed by atoms with Crippen molar-refractivity contribution in [2.45, 2.75) is 45.4 Å². The SMILES string of the molecule is CNS(=O)(=O)Cc1ccc(CNC(=O)Cc2coc3cc(C)c(C(C)C)cc23)cc1. The number of amides is 1. The molecule has 0 atom stereocenters. The van der Waals surface area contributed by atoms with Crippen LogP contribution in [-0.2, 0) is 33.5 Å². The first-order valence-electron chi connectivity index (χ1n) is 9.95. The molecule has 0 radical (unpaired) electrons. The summed E-state index contributed by atoms with van der Waals surface area (Å²) in [6.07, 6.45) is 1.90. The lowest BCUT2D eigenvalue weighted by atomic mass is 9.95. The number of furan rings is 1. The molecule has 2 aromatic carbocycles. The number of rotatable bonds is 8. The maximum absolute atomic E-state index is 12.5. The molecular formula is C23H28N2O4S. The smallest absolute Gasteiger partial charge is 0.224 e. The van der Waals surface area contributed by atoms with E-state index in [0.29, 0.717) is 18.0 Å². The standard InChI is InChI=1S/C23H28N2O4S/c1-15(2)20-11-21-19(13-29-22(21)9-16(20)3)10-23(26)25-12-17-5-7-18(8-6-17)14-30(27,28)24-4/h5-9,11,13,15,24H,10,12,14H2,1-4H3,(H,25,26). The fourth-order valence-corrected chi connectivity index (χ4v) is 4.26. The van der Waals surface area contributed by atoms with Gasteiger partial charge in [0.15, 0.2) is 0 Å². The van der Waals surface area contributed by atoms with Crippen molar-refractivity contribution in [2.24, 2.45) is 0 Å². The normalized spacial score (nSPS) is 11.9. The van der Waals surface area contributed by atoms with Gasteiger partial charge in [0, 0.05) is 17.5 Å². The Morgan fingerprint density at radius 3 is 2.40 bits per heavy atom. The molecule has 1 aromatic heterocycles. The first-order chi connectivity index (χ1) is 14.2. The number of hydrogen-bond acceptors (Lipinski definition) is 4. The van der Waals surface area contributed by atoms with Crippen molar-refractivity contribution in [3.05, 3.63) is 70.5 Å². The van der Waals surface area contributed by atoms with E-state index in [1.807, 2.05) is 18.2 Å². The van der Waals surface area contributed by atoms with Gasteiger partial charge >= 0.3 is 0 Å². The lowest BCUT2D eigenvalue weighted by Gasteiger charge is -2.10. The molecule has 0 saturated carbocycles. The zero-order valence-corrected chi connectivity index (χ0v) is 18.6. The molecule has 0 aliphatic carbocycles. The maximum Gasteiger partial charge on any atom is 0.224 e. The van der Waals surface area contributed by atoms with Crippen LogP contribution in [0.15, 0.2) is 47.1 Å². The van der Waals surface area contributed by atoms with Crippen LogP contribution in [0.4, 0.5) is 0 Å². The fraction of sp³-hybridized carbons (Fsp3) is 0.348. The molecule has 0 spiro atoms. The Morgan fingerprint density at radius 1 is 1.10 bits per heavy atom. The van der Waals surface area contributed by atoms with Gasteiger partial charge in [-0.3, -0.25) is 4.79 Å². The van der Waals surface area contributed by atoms with Gasteiger partial charge in [-0.2, -0.15) is 0 Å². The lowest BCUT2D eigenvalue weighted by molar-refractivity contribution is -0.120. The molecule has 0 saturated heterocycles. The molecule has 160 valence electrons. The van der Waals surface area contributed by atoms with E-state index in [1.165, 1.54) is 18.2 Å². The molecule has 3 aromatic rings. The summed E-state index contributed by atoms with van der Waals surface area (Å²) in [4.78, 5) is 12.5. The Kier molecular flexibility index (Phi) is 6.63. The molecule has 0 unspecified atom stereocenters. The van der Waals surface area contributed by atoms with Crippen molar-refractivity contribution in [1.82, 2.24) is 10.0 Å². The third kappa shape index (κ3) is 5.29. The number of nitrogens with one attached hydrogen (secondary N) is 2. The van der Waals surface area contributed by atoms with E-state index in [1.54, 1.807) is 18.4 Å². The highest BCUT2D eigenvalue weighted by molar-refractivity contribution is 7.88. The van der Waals surface area contributed by atoms with Crippen LogP contribution in [0.3, 0.4) is 0 Å². The van der Waals surface area contributed by atoms with Crippen molar-refractivity contribution in [3.63, 3.8) is 0 Å². The highest BCUT2D eigenvalue weighted by Gasteiger charge is 2.14. The number of aryl methyl sites for hydroxylation is 1. The van der Waals surface area contributed by atoms with E-state index < -0.39 is 10.0 Å². The number of carbonyl (C=O) groups excluding carboxylic acids is 1. The van der Waals surface area contributed by atoms with Crippen molar-refractivity contribution in [3.8, 4) is 0 Å². The Labute approximate surface area is 177 Å². The minimum absolute atomic E-state index is 0.0679. The molecule has 6 nitrogen and oxygen atoms in total. The molecule has 2 N–H and O–H groups in total. The number of hydrogen-bond donors (Lipinski definition) is 2. The summed E-state index contributed by atoms with van der Waals surface area (Å²) in [6.45, 7) is 6.76. The van der Waals surface area contributed by atoms with E-state index in [0.717, 1.165) is 22.1 Å². The second kappa shape index (κ2) is 9.02. The summed E-state index contributed by atoms with van der Waals surface area (Å²) in [5.74, 6) is 0.241. The number of benzene rings is 2. The summed E-state index contributed by atoms with van der Waals surface area (Å²) in [7, 11) is -1.90. The van der Waals surface area contributed by atoms with Crippen LogP contribution in [-0.4, -0.2) is 21.4 Å². The van der Waals surface area contributed by atoms with E-state index in [4.69, 9.17) is 4.42 Å². The van der Waals surface area contributed by atoms with E-state index in [2.05, 4.69) is 36.9 Å². The van der Waals surface area contributed by atoms with Crippen LogP contribution in [0.5, 0.6) is 0 Å². The number of carbonyl (C=O) groups is 1. The van der Waals surface area contributed by atoms with Crippen LogP contribution in [0.2, 0.25) is 0 Å². The summed E-state index contributed by atoms with van der Waals surface area (Å²) in [5, 5.41) is 3.90. The highest BCUT2D eigenvalue weighted by Crippen LogP contribution is 2.29.